The van der Waals surface area contributed by atoms with E-state index in [1.54, 1.807) is 19.1 Å². The van der Waals surface area contributed by atoms with Crippen LogP contribution in [-0.2, 0) is 9.67 Å². The van der Waals surface area contributed by atoms with Crippen LogP contribution >= 0.6 is 23.2 Å². The predicted octanol–water partition coefficient (Wildman–Crippen LogP) is 2.91. The minimum absolute atomic E-state index is 0.560. The van der Waals surface area contributed by atoms with Crippen LogP contribution in [-0.4, -0.2) is 5.24 Å². The third-order valence-electron chi connectivity index (χ3n) is 1.69. The van der Waals surface area contributed by atoms with Crippen molar-refractivity contribution in [3.63, 3.8) is 0 Å². The number of benzene rings is 1. The lowest BCUT2D eigenvalue weighted by Gasteiger charge is -2.16. The highest BCUT2D eigenvalue weighted by Gasteiger charge is 2.30. The summed E-state index contributed by atoms with van der Waals surface area (Å²) in [5, 5.41) is -0.560. The molecule has 0 saturated carbocycles. The molecule has 1 nitrogen and oxygen atoms in total. The first-order valence-corrected chi connectivity index (χ1v) is 4.25. The minimum Gasteiger partial charge on any atom is -0.279 e. The maximum Gasteiger partial charge on any atom is 0.246 e. The van der Waals surface area contributed by atoms with Gasteiger partial charge in [-0.05, 0) is 24.1 Å². The second-order valence-corrected chi connectivity index (χ2v) is 3.74. The summed E-state index contributed by atoms with van der Waals surface area (Å²) in [5.41, 5.74) is 0.715. The summed E-state index contributed by atoms with van der Waals surface area (Å²) in [5.74, 6) is 0. The molecule has 0 aliphatic heterocycles. The van der Waals surface area contributed by atoms with Crippen LogP contribution in [0.1, 0.15) is 12.5 Å². The molecule has 1 rings (SSSR count). The average Bonchev–Trinajstić information content (AvgIpc) is 2.06. The summed E-state index contributed by atoms with van der Waals surface area (Å²) in [6.45, 7) is 1.58. The molecule has 0 bridgehead atoms. The Morgan fingerprint density at radius 1 is 1.33 bits per heavy atom. The van der Waals surface area contributed by atoms with E-state index in [2.05, 4.69) is 0 Å². The van der Waals surface area contributed by atoms with Crippen LogP contribution < -0.4 is 0 Å². The molecule has 0 N–H and O–H groups in total. The molecular weight excluding hydrogens is 195 g/mol. The standard InChI is InChI=1S/C9H8Cl2O/c1-9(11,8(10)12)7-5-3-2-4-6-7/h2-6H,1H3/t9-/m0/s1. The van der Waals surface area contributed by atoms with Crippen LogP contribution in [0.25, 0.3) is 0 Å². The van der Waals surface area contributed by atoms with E-state index in [-0.39, 0.29) is 0 Å². The van der Waals surface area contributed by atoms with Crippen LogP contribution in [0.15, 0.2) is 30.3 Å². The first-order valence-electron chi connectivity index (χ1n) is 3.49. The number of hydrogen-bond acceptors (Lipinski definition) is 1. The van der Waals surface area contributed by atoms with Crippen molar-refractivity contribution in [1.29, 1.82) is 0 Å². The zero-order chi connectivity index (χ0) is 9.19. The molecule has 0 fully saturated rings. The highest BCUT2D eigenvalue weighted by atomic mass is 35.5. The first kappa shape index (κ1) is 9.56. The van der Waals surface area contributed by atoms with E-state index in [4.69, 9.17) is 23.2 Å². The van der Waals surface area contributed by atoms with Gasteiger partial charge in [0.25, 0.3) is 0 Å². The molecule has 0 aliphatic carbocycles. The summed E-state index contributed by atoms with van der Waals surface area (Å²) < 4.78 is 0. The van der Waals surface area contributed by atoms with Gasteiger partial charge in [0.15, 0.2) is 0 Å². The first-order chi connectivity index (χ1) is 5.55. The molecule has 12 heavy (non-hydrogen) atoms. The summed E-state index contributed by atoms with van der Waals surface area (Å²) in [6, 6.07) is 9.03. The summed E-state index contributed by atoms with van der Waals surface area (Å²) in [6.07, 6.45) is 0. The third-order valence-corrected chi connectivity index (χ3v) is 2.55. The van der Waals surface area contributed by atoms with Crippen molar-refractivity contribution >= 4 is 28.4 Å². The van der Waals surface area contributed by atoms with E-state index in [1.807, 2.05) is 18.2 Å². The molecule has 0 unspecified atom stereocenters. The Balaban J connectivity index is 3.06. The highest BCUT2D eigenvalue weighted by Crippen LogP contribution is 2.30. The molecule has 0 heterocycles. The van der Waals surface area contributed by atoms with Crippen molar-refractivity contribution in [3.05, 3.63) is 35.9 Å². The van der Waals surface area contributed by atoms with Gasteiger partial charge in [-0.1, -0.05) is 30.3 Å². The zero-order valence-corrected chi connectivity index (χ0v) is 8.06. The topological polar surface area (TPSA) is 17.1 Å². The molecule has 64 valence electrons. The van der Waals surface area contributed by atoms with Crippen molar-refractivity contribution < 1.29 is 4.79 Å². The second kappa shape index (κ2) is 3.46. The molecule has 0 saturated heterocycles. The van der Waals surface area contributed by atoms with E-state index in [9.17, 15) is 4.79 Å². The fourth-order valence-electron chi connectivity index (χ4n) is 0.865. The molecule has 1 atom stereocenters. The van der Waals surface area contributed by atoms with Crippen molar-refractivity contribution in [2.45, 2.75) is 11.8 Å². The highest BCUT2D eigenvalue weighted by molar-refractivity contribution is 6.70. The van der Waals surface area contributed by atoms with Crippen LogP contribution in [0.2, 0.25) is 0 Å². The van der Waals surface area contributed by atoms with E-state index in [0.29, 0.717) is 5.56 Å². The Kier molecular flexibility index (Phi) is 2.76. The number of hydrogen-bond donors (Lipinski definition) is 0. The number of halogens is 2. The van der Waals surface area contributed by atoms with E-state index in [0.717, 1.165) is 0 Å². The monoisotopic (exact) mass is 202 g/mol. The summed E-state index contributed by atoms with van der Waals surface area (Å²) in [4.78, 5) is 9.79. The molecule has 1 aromatic rings. The van der Waals surface area contributed by atoms with E-state index < -0.39 is 10.1 Å². The van der Waals surface area contributed by atoms with Gasteiger partial charge in [-0.2, -0.15) is 0 Å². The van der Waals surface area contributed by atoms with Crippen molar-refractivity contribution in [1.82, 2.24) is 0 Å². The van der Waals surface area contributed by atoms with Gasteiger partial charge >= 0.3 is 0 Å². The normalized spacial score (nSPS) is 15.2. The maximum atomic E-state index is 10.9. The van der Waals surface area contributed by atoms with E-state index >= 15 is 0 Å². The van der Waals surface area contributed by atoms with Crippen molar-refractivity contribution in [3.8, 4) is 0 Å². The van der Waals surface area contributed by atoms with Gasteiger partial charge in [0.05, 0.1) is 0 Å². The largest absolute Gasteiger partial charge is 0.279 e. The number of alkyl halides is 1. The number of carbonyl (C=O) groups excluding carboxylic acids is 1. The zero-order valence-electron chi connectivity index (χ0n) is 6.55. The van der Waals surface area contributed by atoms with Crippen LogP contribution in [0.3, 0.4) is 0 Å². The van der Waals surface area contributed by atoms with Gasteiger partial charge in [0.1, 0.15) is 4.87 Å². The lowest BCUT2D eigenvalue weighted by Crippen LogP contribution is -2.21. The molecule has 1 aromatic carbocycles. The molecule has 0 amide bonds. The molecule has 0 aliphatic rings. The molecule has 3 heteroatoms. The van der Waals surface area contributed by atoms with Gasteiger partial charge in [-0.3, -0.25) is 4.79 Å². The SMILES string of the molecule is C[C@@](Cl)(C(=O)Cl)c1ccccc1. The lowest BCUT2D eigenvalue weighted by molar-refractivity contribution is -0.113. The summed E-state index contributed by atoms with van der Waals surface area (Å²) in [7, 11) is 0. The Bertz CT molecular complexity index is 280. The smallest absolute Gasteiger partial charge is 0.246 e. The fourth-order valence-corrected chi connectivity index (χ4v) is 1.10. The Labute approximate surface area is 81.3 Å². The van der Waals surface area contributed by atoms with Gasteiger partial charge in [0, 0.05) is 0 Å². The van der Waals surface area contributed by atoms with Crippen LogP contribution in [0, 0.1) is 0 Å². The predicted molar refractivity (Wildman–Crippen MR) is 50.5 cm³/mol. The number of rotatable bonds is 2. The Hall–Kier alpha value is -0.530. The Morgan fingerprint density at radius 3 is 2.25 bits per heavy atom. The van der Waals surface area contributed by atoms with Gasteiger partial charge in [-0.25, -0.2) is 0 Å². The van der Waals surface area contributed by atoms with Gasteiger partial charge < -0.3 is 0 Å². The van der Waals surface area contributed by atoms with Crippen LogP contribution in [0.4, 0.5) is 0 Å². The molecular formula is C9H8Cl2O. The average molecular weight is 203 g/mol. The van der Waals surface area contributed by atoms with E-state index in [1.165, 1.54) is 0 Å². The number of carbonyl (C=O) groups is 1. The van der Waals surface area contributed by atoms with Crippen molar-refractivity contribution in [2.24, 2.45) is 0 Å². The van der Waals surface area contributed by atoms with Crippen molar-refractivity contribution in [2.75, 3.05) is 0 Å². The fraction of sp³-hybridized carbons (Fsp3) is 0.222. The lowest BCUT2D eigenvalue weighted by atomic mass is 10.0. The molecule has 0 radical (unpaired) electrons. The van der Waals surface area contributed by atoms with Gasteiger partial charge in [-0.15, -0.1) is 11.6 Å². The minimum atomic E-state index is -1.11. The quantitative estimate of drug-likeness (QED) is 0.533. The van der Waals surface area contributed by atoms with Crippen LogP contribution in [0.5, 0.6) is 0 Å². The maximum absolute atomic E-state index is 10.9. The summed E-state index contributed by atoms with van der Waals surface area (Å²) >= 11 is 11.2. The second-order valence-electron chi connectivity index (χ2n) is 2.64. The molecule has 0 spiro atoms. The van der Waals surface area contributed by atoms with Gasteiger partial charge in [0.2, 0.25) is 5.24 Å². The molecule has 0 aromatic heterocycles. The Morgan fingerprint density at radius 2 is 1.83 bits per heavy atom. The third kappa shape index (κ3) is 1.79.